The Morgan fingerprint density at radius 3 is 2.54 bits per heavy atom. The molecular weight excluding hydrogens is 332 g/mol. The average molecular weight is 350 g/mol. The summed E-state index contributed by atoms with van der Waals surface area (Å²) < 4.78 is 1.43. The number of anilines is 1. The topological polar surface area (TPSA) is 111 Å². The van der Waals surface area contributed by atoms with Gasteiger partial charge in [0.05, 0.1) is 17.4 Å². The molecule has 1 aromatic heterocycles. The number of nitrogens with two attached hydrogens (primary N) is 1. The van der Waals surface area contributed by atoms with Crippen molar-refractivity contribution in [3.05, 3.63) is 71.0 Å². The fraction of sp³-hybridized carbons (Fsp3) is 0.158. The molecule has 3 aromatic rings. The van der Waals surface area contributed by atoms with E-state index in [-0.39, 0.29) is 17.0 Å². The quantitative estimate of drug-likeness (QED) is 0.522. The fourth-order valence-electron chi connectivity index (χ4n) is 2.83. The van der Waals surface area contributed by atoms with E-state index >= 15 is 0 Å². The lowest BCUT2D eigenvalue weighted by Crippen LogP contribution is -2.08. The fourth-order valence-corrected chi connectivity index (χ4v) is 2.83. The summed E-state index contributed by atoms with van der Waals surface area (Å²) in [5.74, 6) is -1.33. The molecule has 0 unspecified atom stereocenters. The molecule has 0 saturated carbocycles. The van der Waals surface area contributed by atoms with Crippen molar-refractivity contribution in [2.75, 3.05) is 5.73 Å². The number of nitrogen functional groups attached to an aromatic ring is 1. The molecule has 3 N–H and O–H groups in total. The van der Waals surface area contributed by atoms with Gasteiger partial charge in [-0.1, -0.05) is 36.8 Å². The largest absolute Gasteiger partial charge is 0.478 e. The van der Waals surface area contributed by atoms with E-state index in [0.29, 0.717) is 28.9 Å². The molecule has 0 aliphatic carbocycles. The predicted octanol–water partition coefficient (Wildman–Crippen LogP) is 2.73. The summed E-state index contributed by atoms with van der Waals surface area (Å²) in [6.07, 6.45) is 2.85. The number of hydrogen-bond donors (Lipinski definition) is 2. The SMILES string of the molecule is CCCc1c(C(=O)O)cccc1-n1cc(C(=O)c2ccccc2N)nn1. The first-order chi connectivity index (χ1) is 12.5. The van der Waals surface area contributed by atoms with Gasteiger partial charge in [0.25, 0.3) is 0 Å². The molecular formula is C19H18N4O3. The van der Waals surface area contributed by atoms with Crippen molar-refractivity contribution in [2.24, 2.45) is 0 Å². The monoisotopic (exact) mass is 350 g/mol. The van der Waals surface area contributed by atoms with Gasteiger partial charge in [-0.2, -0.15) is 0 Å². The Morgan fingerprint density at radius 1 is 1.12 bits per heavy atom. The molecule has 132 valence electrons. The van der Waals surface area contributed by atoms with Gasteiger partial charge in [-0.3, -0.25) is 4.79 Å². The molecule has 0 saturated heterocycles. The molecule has 0 bridgehead atoms. The number of carboxylic acids is 1. The molecule has 3 rings (SSSR count). The average Bonchev–Trinajstić information content (AvgIpc) is 3.11. The molecule has 2 aromatic carbocycles. The van der Waals surface area contributed by atoms with E-state index in [1.807, 2.05) is 6.92 Å². The highest BCUT2D eigenvalue weighted by Crippen LogP contribution is 2.22. The van der Waals surface area contributed by atoms with E-state index < -0.39 is 5.97 Å². The second-order valence-electron chi connectivity index (χ2n) is 5.82. The van der Waals surface area contributed by atoms with Crippen molar-refractivity contribution in [2.45, 2.75) is 19.8 Å². The Bertz CT molecular complexity index is 978. The third-order valence-electron chi connectivity index (χ3n) is 4.06. The highest BCUT2D eigenvalue weighted by molar-refractivity contribution is 6.10. The molecule has 0 radical (unpaired) electrons. The van der Waals surface area contributed by atoms with E-state index in [0.717, 1.165) is 6.42 Å². The number of carbonyl (C=O) groups is 2. The summed E-state index contributed by atoms with van der Waals surface area (Å²) in [5, 5.41) is 17.4. The van der Waals surface area contributed by atoms with Gasteiger partial charge < -0.3 is 10.8 Å². The first kappa shape index (κ1) is 17.3. The molecule has 0 aliphatic heterocycles. The minimum atomic E-state index is -0.997. The van der Waals surface area contributed by atoms with Gasteiger partial charge in [0.15, 0.2) is 5.69 Å². The van der Waals surface area contributed by atoms with Crippen LogP contribution in [0.5, 0.6) is 0 Å². The van der Waals surface area contributed by atoms with Crippen molar-refractivity contribution in [1.82, 2.24) is 15.0 Å². The van der Waals surface area contributed by atoms with E-state index in [2.05, 4.69) is 10.3 Å². The van der Waals surface area contributed by atoms with Gasteiger partial charge in [0.1, 0.15) is 0 Å². The standard InChI is InChI=1S/C19H18N4O3/c1-2-6-12-13(19(25)26)8-5-10-17(12)23-11-16(21-22-23)18(24)14-7-3-4-9-15(14)20/h3-5,7-11H,2,6,20H2,1H3,(H,25,26). The zero-order valence-electron chi connectivity index (χ0n) is 14.2. The zero-order chi connectivity index (χ0) is 18.7. The highest BCUT2D eigenvalue weighted by Gasteiger charge is 2.19. The minimum absolute atomic E-state index is 0.145. The lowest BCUT2D eigenvalue weighted by Gasteiger charge is -2.11. The maximum Gasteiger partial charge on any atom is 0.336 e. The van der Waals surface area contributed by atoms with Gasteiger partial charge >= 0.3 is 5.97 Å². The van der Waals surface area contributed by atoms with E-state index in [1.165, 1.54) is 10.9 Å². The molecule has 0 spiro atoms. The molecule has 0 fully saturated rings. The van der Waals surface area contributed by atoms with Crippen LogP contribution in [0.2, 0.25) is 0 Å². The van der Waals surface area contributed by atoms with Gasteiger partial charge in [0, 0.05) is 11.3 Å². The van der Waals surface area contributed by atoms with Crippen molar-refractivity contribution in [3.8, 4) is 5.69 Å². The van der Waals surface area contributed by atoms with Crippen molar-refractivity contribution >= 4 is 17.4 Å². The number of carboxylic acid groups (broad SMARTS) is 1. The molecule has 26 heavy (non-hydrogen) atoms. The van der Waals surface area contributed by atoms with E-state index in [9.17, 15) is 14.7 Å². The first-order valence-corrected chi connectivity index (χ1v) is 8.20. The number of rotatable bonds is 6. The maximum absolute atomic E-state index is 12.6. The van der Waals surface area contributed by atoms with Crippen LogP contribution in [0.3, 0.4) is 0 Å². The molecule has 1 heterocycles. The number of hydrogen-bond acceptors (Lipinski definition) is 5. The van der Waals surface area contributed by atoms with Crippen LogP contribution in [-0.2, 0) is 6.42 Å². The lowest BCUT2D eigenvalue weighted by atomic mass is 10.0. The van der Waals surface area contributed by atoms with E-state index in [1.54, 1.807) is 42.5 Å². The number of aromatic nitrogens is 3. The van der Waals surface area contributed by atoms with Gasteiger partial charge in [-0.25, -0.2) is 9.48 Å². The smallest absolute Gasteiger partial charge is 0.336 e. The van der Waals surface area contributed by atoms with Crippen LogP contribution in [0.1, 0.15) is 45.3 Å². The Balaban J connectivity index is 2.03. The number of carbonyl (C=O) groups excluding carboxylic acids is 1. The Labute approximate surface area is 150 Å². The zero-order valence-corrected chi connectivity index (χ0v) is 14.2. The molecule has 0 atom stereocenters. The van der Waals surface area contributed by atoms with Crippen molar-refractivity contribution < 1.29 is 14.7 Å². The van der Waals surface area contributed by atoms with Crippen LogP contribution in [-0.4, -0.2) is 31.9 Å². The van der Waals surface area contributed by atoms with E-state index in [4.69, 9.17) is 5.73 Å². The number of ketones is 1. The molecule has 7 nitrogen and oxygen atoms in total. The summed E-state index contributed by atoms with van der Waals surface area (Å²) in [6.45, 7) is 1.97. The van der Waals surface area contributed by atoms with Gasteiger partial charge in [-0.05, 0) is 36.2 Å². The number of aromatic carboxylic acids is 1. The predicted molar refractivity (Wildman–Crippen MR) is 96.6 cm³/mol. The van der Waals surface area contributed by atoms with Crippen LogP contribution in [0.15, 0.2) is 48.7 Å². The molecule has 0 aliphatic rings. The van der Waals surface area contributed by atoms with Crippen LogP contribution in [0, 0.1) is 0 Å². The molecule has 7 heteroatoms. The number of nitrogens with zero attached hydrogens (tertiary/aromatic N) is 3. The Morgan fingerprint density at radius 2 is 1.85 bits per heavy atom. The van der Waals surface area contributed by atoms with Crippen molar-refractivity contribution in [1.29, 1.82) is 0 Å². The summed E-state index contributed by atoms with van der Waals surface area (Å²) in [6, 6.07) is 11.7. The second kappa shape index (κ2) is 7.18. The summed E-state index contributed by atoms with van der Waals surface area (Å²) in [4.78, 5) is 24.1. The minimum Gasteiger partial charge on any atom is -0.478 e. The third kappa shape index (κ3) is 3.19. The summed E-state index contributed by atoms with van der Waals surface area (Å²) in [7, 11) is 0. The lowest BCUT2D eigenvalue weighted by molar-refractivity contribution is 0.0695. The Hall–Kier alpha value is -3.48. The van der Waals surface area contributed by atoms with Crippen LogP contribution >= 0.6 is 0 Å². The highest BCUT2D eigenvalue weighted by atomic mass is 16.4. The van der Waals surface area contributed by atoms with Crippen LogP contribution in [0.25, 0.3) is 5.69 Å². The summed E-state index contributed by atoms with van der Waals surface area (Å²) >= 11 is 0. The summed E-state index contributed by atoms with van der Waals surface area (Å²) in [5.41, 5.74) is 8.20. The normalized spacial score (nSPS) is 10.7. The second-order valence-corrected chi connectivity index (χ2v) is 5.82. The maximum atomic E-state index is 12.6. The molecule has 0 amide bonds. The van der Waals surface area contributed by atoms with Crippen LogP contribution in [0.4, 0.5) is 5.69 Å². The third-order valence-corrected chi connectivity index (χ3v) is 4.06. The van der Waals surface area contributed by atoms with Crippen LogP contribution < -0.4 is 5.73 Å². The van der Waals surface area contributed by atoms with Gasteiger partial charge in [-0.15, -0.1) is 5.10 Å². The van der Waals surface area contributed by atoms with Gasteiger partial charge in [0.2, 0.25) is 5.78 Å². The first-order valence-electron chi connectivity index (χ1n) is 8.20. The van der Waals surface area contributed by atoms with Crippen molar-refractivity contribution in [3.63, 3.8) is 0 Å². The number of benzene rings is 2. The number of para-hydroxylation sites is 1. The Kier molecular flexibility index (Phi) is 4.79.